The molecule has 0 unspecified atom stereocenters. The molecule has 3 rings (SSSR count). The van der Waals surface area contributed by atoms with Gasteiger partial charge in [0.25, 0.3) is 0 Å². The first-order valence-corrected chi connectivity index (χ1v) is 8.32. The standard InChI is InChI=1S/C17H25N7/c1-10(2)13(17-18-7-8-23(17)5)20-15-12-9-19-24(6)16(12)22-14(21-15)11(3)4/h7-11,13H,1-6H3,(H,20,21,22)/t13-/m0/s1. The minimum absolute atomic E-state index is 0.0586. The molecule has 0 amide bonds. The molecule has 0 aromatic carbocycles. The second kappa shape index (κ2) is 6.22. The van der Waals surface area contributed by atoms with Crippen LogP contribution in [0.15, 0.2) is 18.6 Å². The van der Waals surface area contributed by atoms with E-state index in [1.165, 1.54) is 0 Å². The number of nitrogens with one attached hydrogen (secondary N) is 1. The van der Waals surface area contributed by atoms with Crippen LogP contribution in [-0.2, 0) is 14.1 Å². The van der Waals surface area contributed by atoms with Crippen LogP contribution in [0.25, 0.3) is 11.0 Å². The number of anilines is 1. The third-order valence-electron chi connectivity index (χ3n) is 4.22. The number of aryl methyl sites for hydroxylation is 2. The molecule has 128 valence electrons. The number of hydrogen-bond donors (Lipinski definition) is 1. The Morgan fingerprint density at radius 1 is 1.08 bits per heavy atom. The third kappa shape index (κ3) is 2.86. The molecule has 0 saturated carbocycles. The molecule has 24 heavy (non-hydrogen) atoms. The number of aromatic nitrogens is 6. The molecule has 1 atom stereocenters. The number of imidazole rings is 1. The van der Waals surface area contributed by atoms with Gasteiger partial charge in [-0.3, -0.25) is 4.68 Å². The number of nitrogens with zero attached hydrogens (tertiary/aromatic N) is 6. The first-order chi connectivity index (χ1) is 11.4. The first kappa shape index (κ1) is 16.4. The molecule has 3 aromatic rings. The zero-order chi connectivity index (χ0) is 17.4. The summed E-state index contributed by atoms with van der Waals surface area (Å²) in [6.45, 7) is 8.55. The Morgan fingerprint density at radius 2 is 1.83 bits per heavy atom. The first-order valence-electron chi connectivity index (χ1n) is 8.32. The lowest BCUT2D eigenvalue weighted by atomic mass is 10.0. The lowest BCUT2D eigenvalue weighted by Crippen LogP contribution is -2.21. The van der Waals surface area contributed by atoms with E-state index in [0.29, 0.717) is 5.92 Å². The van der Waals surface area contributed by atoms with Gasteiger partial charge >= 0.3 is 0 Å². The van der Waals surface area contributed by atoms with Crippen molar-refractivity contribution in [1.82, 2.24) is 29.3 Å². The molecular formula is C17H25N7. The number of hydrogen-bond acceptors (Lipinski definition) is 5. The number of fused-ring (bicyclic) bond motifs is 1. The average molecular weight is 327 g/mol. The smallest absolute Gasteiger partial charge is 0.163 e. The van der Waals surface area contributed by atoms with E-state index >= 15 is 0 Å². The molecule has 7 heteroatoms. The van der Waals surface area contributed by atoms with Crippen LogP contribution in [0.5, 0.6) is 0 Å². The second-order valence-electron chi connectivity index (χ2n) is 6.85. The van der Waals surface area contributed by atoms with Gasteiger partial charge in [-0.25, -0.2) is 15.0 Å². The molecule has 0 bridgehead atoms. The van der Waals surface area contributed by atoms with Crippen LogP contribution in [0, 0.1) is 5.92 Å². The van der Waals surface area contributed by atoms with Crippen molar-refractivity contribution >= 4 is 16.9 Å². The maximum atomic E-state index is 4.76. The van der Waals surface area contributed by atoms with Gasteiger partial charge in [0.05, 0.1) is 17.6 Å². The van der Waals surface area contributed by atoms with Crippen molar-refractivity contribution in [3.63, 3.8) is 0 Å². The molecule has 3 aromatic heterocycles. The minimum Gasteiger partial charge on any atom is -0.359 e. The lowest BCUT2D eigenvalue weighted by Gasteiger charge is -2.23. The highest BCUT2D eigenvalue weighted by Crippen LogP contribution is 2.29. The maximum absolute atomic E-state index is 4.76. The summed E-state index contributed by atoms with van der Waals surface area (Å²) in [6.07, 6.45) is 5.61. The highest BCUT2D eigenvalue weighted by Gasteiger charge is 2.23. The van der Waals surface area contributed by atoms with Crippen LogP contribution >= 0.6 is 0 Å². The van der Waals surface area contributed by atoms with E-state index in [2.05, 4.69) is 48.1 Å². The van der Waals surface area contributed by atoms with Crippen molar-refractivity contribution in [3.05, 3.63) is 30.2 Å². The molecule has 0 saturated heterocycles. The predicted molar refractivity (Wildman–Crippen MR) is 94.8 cm³/mol. The van der Waals surface area contributed by atoms with Crippen molar-refractivity contribution in [2.75, 3.05) is 5.32 Å². The maximum Gasteiger partial charge on any atom is 0.163 e. The summed E-state index contributed by atoms with van der Waals surface area (Å²) in [5.74, 6) is 3.23. The van der Waals surface area contributed by atoms with Crippen LogP contribution in [0.1, 0.15) is 51.3 Å². The van der Waals surface area contributed by atoms with Crippen LogP contribution in [0.4, 0.5) is 5.82 Å². The summed E-state index contributed by atoms with van der Waals surface area (Å²) < 4.78 is 3.84. The fourth-order valence-electron chi connectivity index (χ4n) is 2.76. The fraction of sp³-hybridized carbons (Fsp3) is 0.529. The topological polar surface area (TPSA) is 73.5 Å². The van der Waals surface area contributed by atoms with Crippen LogP contribution in [0.3, 0.4) is 0 Å². The lowest BCUT2D eigenvalue weighted by molar-refractivity contribution is 0.506. The molecule has 0 fully saturated rings. The SMILES string of the molecule is CC(C)c1nc(N[C@H](c2nccn2C)C(C)C)c2cnn(C)c2n1. The van der Waals surface area contributed by atoms with Gasteiger partial charge in [0.15, 0.2) is 5.65 Å². The molecule has 0 aliphatic rings. The van der Waals surface area contributed by atoms with E-state index in [1.54, 1.807) is 4.68 Å². The van der Waals surface area contributed by atoms with E-state index in [-0.39, 0.29) is 12.0 Å². The van der Waals surface area contributed by atoms with E-state index in [1.807, 2.05) is 37.3 Å². The summed E-state index contributed by atoms with van der Waals surface area (Å²) in [5, 5.41) is 8.86. The zero-order valence-electron chi connectivity index (χ0n) is 15.1. The Hall–Kier alpha value is -2.44. The van der Waals surface area contributed by atoms with Gasteiger partial charge in [0.1, 0.15) is 17.5 Å². The van der Waals surface area contributed by atoms with E-state index in [0.717, 1.165) is 28.5 Å². The Kier molecular flexibility index (Phi) is 4.26. The highest BCUT2D eigenvalue weighted by atomic mass is 15.3. The monoisotopic (exact) mass is 327 g/mol. The summed E-state index contributed by atoms with van der Waals surface area (Å²) in [5.41, 5.74) is 0.846. The van der Waals surface area contributed by atoms with Crippen molar-refractivity contribution < 1.29 is 0 Å². The summed E-state index contributed by atoms with van der Waals surface area (Å²) in [7, 11) is 3.92. The third-order valence-corrected chi connectivity index (χ3v) is 4.22. The van der Waals surface area contributed by atoms with Gasteiger partial charge in [-0.05, 0) is 5.92 Å². The summed E-state index contributed by atoms with van der Waals surface area (Å²) in [4.78, 5) is 13.9. The van der Waals surface area contributed by atoms with E-state index in [4.69, 9.17) is 4.98 Å². The zero-order valence-corrected chi connectivity index (χ0v) is 15.1. The minimum atomic E-state index is 0.0586. The van der Waals surface area contributed by atoms with Gasteiger partial charge < -0.3 is 9.88 Å². The summed E-state index contributed by atoms with van der Waals surface area (Å²) >= 11 is 0. The molecule has 7 nitrogen and oxygen atoms in total. The molecule has 0 aliphatic heterocycles. The van der Waals surface area contributed by atoms with Gasteiger partial charge in [-0.15, -0.1) is 0 Å². The Morgan fingerprint density at radius 3 is 2.42 bits per heavy atom. The van der Waals surface area contributed by atoms with Gasteiger partial charge in [0, 0.05) is 32.4 Å². The van der Waals surface area contributed by atoms with Crippen molar-refractivity contribution in [1.29, 1.82) is 0 Å². The summed E-state index contributed by atoms with van der Waals surface area (Å²) in [6, 6.07) is 0.0586. The van der Waals surface area contributed by atoms with Gasteiger partial charge in [-0.1, -0.05) is 27.7 Å². The highest BCUT2D eigenvalue weighted by molar-refractivity contribution is 5.86. The van der Waals surface area contributed by atoms with Crippen molar-refractivity contribution in [3.8, 4) is 0 Å². The molecule has 3 heterocycles. The molecule has 0 spiro atoms. The van der Waals surface area contributed by atoms with E-state index < -0.39 is 0 Å². The molecular weight excluding hydrogens is 302 g/mol. The average Bonchev–Trinajstić information content (AvgIpc) is 3.11. The van der Waals surface area contributed by atoms with Crippen molar-refractivity contribution in [2.45, 2.75) is 39.7 Å². The molecule has 1 N–H and O–H groups in total. The molecule has 0 aliphatic carbocycles. The second-order valence-corrected chi connectivity index (χ2v) is 6.85. The van der Waals surface area contributed by atoms with Gasteiger partial charge in [-0.2, -0.15) is 5.10 Å². The van der Waals surface area contributed by atoms with Crippen molar-refractivity contribution in [2.24, 2.45) is 20.0 Å². The Labute approximate surface area is 142 Å². The Bertz CT molecular complexity index is 844. The quantitative estimate of drug-likeness (QED) is 0.780. The van der Waals surface area contributed by atoms with Crippen LogP contribution < -0.4 is 5.32 Å². The number of rotatable bonds is 5. The van der Waals surface area contributed by atoms with Crippen LogP contribution in [-0.4, -0.2) is 29.3 Å². The van der Waals surface area contributed by atoms with E-state index in [9.17, 15) is 0 Å². The Balaban J connectivity index is 2.09. The largest absolute Gasteiger partial charge is 0.359 e. The van der Waals surface area contributed by atoms with Gasteiger partial charge in [0.2, 0.25) is 0 Å². The van der Waals surface area contributed by atoms with Crippen LogP contribution in [0.2, 0.25) is 0 Å². The normalized spacial score (nSPS) is 13.2. The predicted octanol–water partition coefficient (Wildman–Crippen LogP) is 3.03. The molecule has 0 radical (unpaired) electrons. The fourth-order valence-corrected chi connectivity index (χ4v) is 2.76.